The molecular formula is C90H105Cl2I2N13O26. The number of aliphatic imine (C=N–C) groups is 1. The molecular weight excluding hydrogens is 2000 g/mol. The maximum atomic E-state index is 16.4. The third kappa shape index (κ3) is 24.8. The lowest BCUT2D eigenvalue weighted by Gasteiger charge is -2.44. The second kappa shape index (κ2) is 45.2. The van der Waals surface area contributed by atoms with E-state index in [1.165, 1.54) is 62.5 Å². The fraction of sp³-hybridized carbons (Fsp3) is 0.422. The second-order valence-electron chi connectivity index (χ2n) is 33.4. The van der Waals surface area contributed by atoms with Gasteiger partial charge in [-0.05, 0) is 207 Å². The molecule has 1 fully saturated rings. The summed E-state index contributed by atoms with van der Waals surface area (Å²) in [5.41, 5.74) is 1.77. The van der Waals surface area contributed by atoms with E-state index in [1.54, 1.807) is 46.1 Å². The van der Waals surface area contributed by atoms with Crippen LogP contribution in [0, 0.1) is 26.5 Å². The van der Waals surface area contributed by atoms with Crippen LogP contribution in [0.3, 0.4) is 0 Å². The van der Waals surface area contributed by atoms with Crippen LogP contribution in [-0.2, 0) is 54.4 Å². The Balaban J connectivity index is 1.07. The largest absolute Gasteiger partial charge is 0.508 e. The van der Waals surface area contributed by atoms with Gasteiger partial charge in [-0.1, -0.05) is 116 Å². The summed E-state index contributed by atoms with van der Waals surface area (Å²) in [5.74, 6) is -15.3. The molecule has 0 spiro atoms. The molecule has 714 valence electrons. The number of aromatic hydroxyl groups is 2. The molecule has 7 aromatic rings. The van der Waals surface area contributed by atoms with Crippen LogP contribution in [0.25, 0.3) is 11.1 Å². The summed E-state index contributed by atoms with van der Waals surface area (Å²) < 4.78 is 38.4. The monoisotopic (exact) mass is 2110 g/mol. The summed E-state index contributed by atoms with van der Waals surface area (Å²) in [6.07, 6.45) is -18.2. The number of hydrogen-bond acceptors (Lipinski definition) is 29. The molecule has 6 unspecified atom stereocenters. The van der Waals surface area contributed by atoms with Crippen molar-refractivity contribution >= 4 is 139 Å². The maximum Gasteiger partial charge on any atom is 0.323 e. The summed E-state index contributed by atoms with van der Waals surface area (Å²) in [6, 6.07) is 12.4. The zero-order chi connectivity index (χ0) is 97.0. The number of phenolic OH excluding ortho intramolecular Hbond substituents is 2. The number of halogens is 4. The average Bonchev–Trinajstić information content (AvgIpc) is 0.760. The van der Waals surface area contributed by atoms with Gasteiger partial charge in [-0.3, -0.25) is 53.3 Å². The number of carbonyl (C=O) groups is 9. The summed E-state index contributed by atoms with van der Waals surface area (Å²) >= 11 is 18.3. The van der Waals surface area contributed by atoms with Gasteiger partial charge in [-0.25, -0.2) is 4.99 Å². The molecule has 0 aliphatic carbocycles. The number of primary amides is 1. The standard InChI is InChI=1S/C90H105Cl2I2N13O26/c1-10-11-26-128-77-41(4)16-20-50(72(77)107(126)127)81(118)99-48-15-12-14-43(28-48)38-98-90(6,80(117)42(5)93)37-65(112)132-79-76(116)75(115)63(39-108)131-89(79)133-78-61-32-47-33-62(78)130-60-23-19-46(31-54(60)92)74(114)71-88(125)103-69(84(121)97-24-13-25-106(8)9)52-34-49(109)35-58(110)66(52)51-29-44(17-21-55(51)94)67(85(122)105-71)102-86(123)68(47)101-83(120)57(36-64(95)111)100-87(124)70(104-82(119)56(96-7)27-40(2)3)73(113)45-18-22-59(129-61)53(91)30-45/h12,14-23,28-35,40,42,56-57,63,65,67-70,73-76,79-80,89,96,98,108-110,112-117H,10-11,13,24-27,36-39H2,1-9H3,(H2,95,111)(H,97,121)(H,99,118)(H,100,124)(H,101,120)(H,102,123)(H,103,125)(H,104,119)/b105-71+/t42?,56?,57-,63?,65+,67+,68+,69+,70+,73+,74?,75-,76?,79+,80-,89?,90-/m0/s1. The molecule has 0 radical (unpaired) electrons. The summed E-state index contributed by atoms with van der Waals surface area (Å²) in [4.78, 5) is 153. The number of fused-ring (bicyclic) bond motifs is 15. The highest BCUT2D eigenvalue weighted by Crippen LogP contribution is 2.50. The Hall–Kier alpha value is -10.6. The van der Waals surface area contributed by atoms with E-state index in [2.05, 4.69) is 52.8 Å². The van der Waals surface area contributed by atoms with Gasteiger partial charge >= 0.3 is 5.69 Å². The molecule has 7 aromatic carbocycles. The highest BCUT2D eigenvalue weighted by molar-refractivity contribution is 14.1. The van der Waals surface area contributed by atoms with Gasteiger partial charge in [0.2, 0.25) is 53.2 Å². The number of carbonyl (C=O) groups excluding carboxylic acids is 9. The molecule has 39 nitrogen and oxygen atoms in total. The molecule has 1 saturated heterocycles. The van der Waals surface area contributed by atoms with Crippen LogP contribution in [-0.4, -0.2) is 233 Å². The number of hydrogen-bond donors (Lipinski definition) is 19. The Bertz CT molecular complexity index is 5580. The maximum absolute atomic E-state index is 16.4. The average molecular weight is 2110 g/mol. The van der Waals surface area contributed by atoms with Gasteiger partial charge in [0.1, 0.15) is 95.0 Å². The third-order valence-electron chi connectivity index (χ3n) is 22.6. The van der Waals surface area contributed by atoms with Crippen LogP contribution < -0.4 is 72.5 Å². The van der Waals surface area contributed by atoms with Crippen molar-refractivity contribution in [3.8, 4) is 57.1 Å². The Labute approximate surface area is 800 Å². The van der Waals surface area contributed by atoms with Crippen molar-refractivity contribution in [2.75, 3.05) is 52.8 Å². The number of anilines is 1. The van der Waals surface area contributed by atoms with E-state index in [9.17, 15) is 75.3 Å². The number of nitrogens with two attached hydrogens (primary N) is 1. The number of aryl methyl sites for hydroxylation is 1. The van der Waals surface area contributed by atoms with Crippen molar-refractivity contribution in [3.05, 3.63) is 183 Å². The van der Waals surface area contributed by atoms with Crippen LogP contribution in [0.5, 0.6) is 46.0 Å². The molecule has 6 aliphatic rings. The number of benzene rings is 7. The minimum atomic E-state index is -2.39. The second-order valence-corrected chi connectivity index (χ2v) is 37.3. The van der Waals surface area contributed by atoms with Crippen LogP contribution in [0.2, 0.25) is 10.0 Å². The highest BCUT2D eigenvalue weighted by Gasteiger charge is 2.50. The number of nitrogens with one attached hydrogen (secondary N) is 9. The number of nitrogens with zero attached hydrogens (tertiary/aromatic N) is 3. The number of phenols is 2. The number of nitro groups is 1. The van der Waals surface area contributed by atoms with E-state index in [0.717, 1.165) is 55.0 Å². The molecule has 43 heteroatoms. The number of unbranched alkanes of at least 4 members (excludes halogenated alkanes) is 1. The molecule has 0 aromatic heterocycles. The van der Waals surface area contributed by atoms with Gasteiger partial charge in [0.25, 0.3) is 17.7 Å². The predicted octanol–water partition coefficient (Wildman–Crippen LogP) is 6.35. The summed E-state index contributed by atoms with van der Waals surface area (Å²) in [7, 11) is 5.07. The summed E-state index contributed by atoms with van der Waals surface area (Å²) in [5, 5.41) is 144. The molecule has 11 bridgehead atoms. The zero-order valence-corrected chi connectivity index (χ0v) is 79.3. The molecule has 6 aliphatic heterocycles. The van der Waals surface area contributed by atoms with Gasteiger partial charge in [0.15, 0.2) is 23.9 Å². The molecule has 13 rings (SSSR count). The van der Waals surface area contributed by atoms with Crippen molar-refractivity contribution < 1.29 is 122 Å². The Kier molecular flexibility index (Phi) is 34.9. The fourth-order valence-corrected chi connectivity index (χ4v) is 17.4. The normalized spacial score (nSPS) is 22.7. The quantitative estimate of drug-likeness (QED) is 0.00562. The first-order valence-corrected chi connectivity index (χ1v) is 45.5. The van der Waals surface area contributed by atoms with Crippen LogP contribution in [0.4, 0.5) is 11.4 Å². The number of nitro benzene ring substituents is 1. The van der Waals surface area contributed by atoms with Crippen LogP contribution in [0.1, 0.15) is 153 Å². The van der Waals surface area contributed by atoms with E-state index in [4.69, 9.17) is 57.4 Å². The number of amides is 9. The number of ether oxygens (including phenoxy) is 6. The Morgan fingerprint density at radius 1 is 0.789 bits per heavy atom. The minimum Gasteiger partial charge on any atom is -0.508 e. The number of alkyl halides is 1. The van der Waals surface area contributed by atoms with E-state index in [0.29, 0.717) is 30.5 Å². The first-order valence-electron chi connectivity index (χ1n) is 42.4. The van der Waals surface area contributed by atoms with E-state index >= 15 is 24.0 Å². The topological polar surface area (TPSA) is 584 Å². The number of aliphatic hydroxyl groups is 7. The van der Waals surface area contributed by atoms with E-state index in [1.807, 2.05) is 70.9 Å². The first kappa shape index (κ1) is 103. The van der Waals surface area contributed by atoms with Gasteiger partial charge < -0.3 is 133 Å². The van der Waals surface area contributed by atoms with Crippen LogP contribution >= 0.6 is 68.4 Å². The minimum absolute atomic E-state index is 0.00672. The molecule has 133 heavy (non-hydrogen) atoms. The van der Waals surface area contributed by atoms with Gasteiger partial charge in [-0.15, -0.1) is 0 Å². The van der Waals surface area contributed by atoms with Crippen molar-refractivity contribution in [2.45, 2.75) is 188 Å². The van der Waals surface area contributed by atoms with Gasteiger partial charge in [0.05, 0.1) is 46.7 Å². The fourth-order valence-electron chi connectivity index (χ4n) is 15.6. The lowest BCUT2D eigenvalue weighted by molar-refractivity contribution is -0.386. The van der Waals surface area contributed by atoms with Gasteiger partial charge in [0, 0.05) is 49.9 Å². The number of rotatable bonds is 31. The SMILES string of the molecule is CCCCOc1c(C)ccc(C(=O)Nc2cccc(CN[C@@](C)(C[C@H](O)O[C@H]3C(Oc4c5cc6cc4Oc4ccc(cc4Cl)[C@@H](O)[C@@H](NC(=O)C(CC(C)C)NC)C(=O)N[C@@H](CC(N)=O)C(=O)N[C@H]6C(=O)N[C@H]4C(=O)/N=C(/C(=O)N[C@@H](C(=O)NCCCN(C)C)c6cc(O)cc(O)c6-c6cc4ccc6I)C(O)c4ccc(c(Cl)c4)O5)OC(CO)[C@H](O)C3O)[C@@H](O)C(C)I)c2)c1[N+](=O)[O-]. The lowest BCUT2D eigenvalue weighted by Crippen LogP contribution is -2.62. The van der Waals surface area contributed by atoms with Gasteiger partial charge in [-0.2, -0.15) is 0 Å². The van der Waals surface area contributed by atoms with Crippen molar-refractivity contribution in [3.63, 3.8) is 0 Å². The number of likely N-dealkylation sites (N-methyl/N-ethyl adjacent to an activating group) is 1. The Morgan fingerprint density at radius 3 is 2.09 bits per heavy atom. The smallest absolute Gasteiger partial charge is 0.323 e. The van der Waals surface area contributed by atoms with Crippen LogP contribution in [0.15, 0.2) is 120 Å². The first-order chi connectivity index (χ1) is 63.0. The lowest BCUT2D eigenvalue weighted by atomic mass is 9.88. The third-order valence-corrected chi connectivity index (χ3v) is 24.8. The van der Waals surface area contributed by atoms with Crippen molar-refractivity contribution in [1.82, 2.24) is 47.4 Å². The molecule has 20 N–H and O–H groups in total. The highest BCUT2D eigenvalue weighted by atomic mass is 127. The van der Waals surface area contributed by atoms with Crippen molar-refractivity contribution in [1.29, 1.82) is 0 Å². The summed E-state index contributed by atoms with van der Waals surface area (Å²) in [6.45, 7) is 9.85. The number of aliphatic hydroxyl groups excluding tert-OH is 7. The molecule has 17 atom stereocenters. The van der Waals surface area contributed by atoms with Crippen molar-refractivity contribution in [2.24, 2.45) is 16.6 Å². The molecule has 6 heterocycles. The molecule has 0 saturated carbocycles. The van der Waals surface area contributed by atoms with E-state index < -0.39 is 240 Å². The predicted molar refractivity (Wildman–Crippen MR) is 500 cm³/mol. The molecule has 9 amide bonds. The zero-order valence-electron chi connectivity index (χ0n) is 73.5. The Morgan fingerprint density at radius 2 is 1.46 bits per heavy atom. The van der Waals surface area contributed by atoms with E-state index in [-0.39, 0.29) is 91.7 Å².